The van der Waals surface area contributed by atoms with Crippen LogP contribution in [0.3, 0.4) is 0 Å². The molecule has 4 nitrogen and oxygen atoms in total. The molecule has 0 aromatic heterocycles. The Morgan fingerprint density at radius 1 is 0.857 bits per heavy atom. The van der Waals surface area contributed by atoms with Crippen molar-refractivity contribution in [3.63, 3.8) is 0 Å². The molecule has 0 saturated heterocycles. The van der Waals surface area contributed by atoms with Gasteiger partial charge in [0, 0.05) is 0 Å². The van der Waals surface area contributed by atoms with Crippen molar-refractivity contribution in [1.29, 1.82) is 0 Å². The number of hydrogen-bond donors (Lipinski definition) is 2. The van der Waals surface area contributed by atoms with Crippen LogP contribution >= 0.6 is 0 Å². The summed E-state index contributed by atoms with van der Waals surface area (Å²) < 4.78 is 0. The normalized spacial score (nSPS) is 11.5. The van der Waals surface area contributed by atoms with Crippen molar-refractivity contribution in [1.82, 2.24) is 0 Å². The van der Waals surface area contributed by atoms with E-state index < -0.39 is 0 Å². The number of aryl methyl sites for hydroxylation is 2. The van der Waals surface area contributed by atoms with Gasteiger partial charge in [-0.1, -0.05) is 13.8 Å². The summed E-state index contributed by atoms with van der Waals surface area (Å²) in [5, 5.41) is 27.9. The lowest BCUT2D eigenvalue weighted by Crippen LogP contribution is -1.89. The van der Waals surface area contributed by atoms with E-state index in [9.17, 15) is 10.2 Å². The SMILES string of the molecule is Cc1cc(N=Nc2cc(C)c(O)cc2C(C)C)ccc1O. The fourth-order valence-corrected chi connectivity index (χ4v) is 2.06. The van der Waals surface area contributed by atoms with Crippen molar-refractivity contribution >= 4 is 11.4 Å². The molecule has 0 heterocycles. The van der Waals surface area contributed by atoms with Gasteiger partial charge in [0.05, 0.1) is 11.4 Å². The second-order valence-corrected chi connectivity index (χ2v) is 5.52. The first-order valence-electron chi connectivity index (χ1n) is 6.93. The number of aromatic hydroxyl groups is 2. The molecule has 21 heavy (non-hydrogen) atoms. The number of phenolic OH excluding ortho intramolecular Hbond substituents is 2. The van der Waals surface area contributed by atoms with Crippen LogP contribution in [0.15, 0.2) is 40.6 Å². The quantitative estimate of drug-likeness (QED) is 0.755. The maximum absolute atomic E-state index is 9.83. The molecule has 2 aromatic carbocycles. The lowest BCUT2D eigenvalue weighted by Gasteiger charge is -2.11. The van der Waals surface area contributed by atoms with Gasteiger partial charge < -0.3 is 10.2 Å². The van der Waals surface area contributed by atoms with Crippen molar-refractivity contribution in [3.05, 3.63) is 47.0 Å². The predicted octanol–water partition coefficient (Wildman–Crippen LogP) is 5.25. The Labute approximate surface area is 124 Å². The summed E-state index contributed by atoms with van der Waals surface area (Å²) in [7, 11) is 0. The largest absolute Gasteiger partial charge is 0.508 e. The van der Waals surface area contributed by atoms with E-state index in [0.29, 0.717) is 5.69 Å². The molecule has 0 aliphatic carbocycles. The first kappa shape index (κ1) is 15.0. The van der Waals surface area contributed by atoms with Crippen LogP contribution in [0, 0.1) is 13.8 Å². The van der Waals surface area contributed by atoms with E-state index in [1.54, 1.807) is 24.3 Å². The van der Waals surface area contributed by atoms with Crippen molar-refractivity contribution in [2.75, 3.05) is 0 Å². The van der Waals surface area contributed by atoms with Crippen molar-refractivity contribution in [2.45, 2.75) is 33.6 Å². The summed E-state index contributed by atoms with van der Waals surface area (Å²) in [5.41, 5.74) is 3.93. The molecule has 0 unspecified atom stereocenters. The fourth-order valence-electron chi connectivity index (χ4n) is 2.06. The molecule has 0 atom stereocenters. The van der Waals surface area contributed by atoms with Gasteiger partial charge in [-0.15, -0.1) is 0 Å². The minimum atomic E-state index is 0.243. The summed E-state index contributed by atoms with van der Waals surface area (Å²) >= 11 is 0. The summed E-state index contributed by atoms with van der Waals surface area (Å²) in [5.74, 6) is 0.766. The standard InChI is InChI=1S/C17H20N2O2/c1-10(2)14-9-17(21)12(4)8-15(14)19-18-13-5-6-16(20)11(3)7-13/h5-10,20-21H,1-4H3. The van der Waals surface area contributed by atoms with Crippen LogP contribution in [-0.2, 0) is 0 Å². The van der Waals surface area contributed by atoms with Crippen LogP contribution in [0.4, 0.5) is 11.4 Å². The highest BCUT2D eigenvalue weighted by molar-refractivity contribution is 5.55. The molecule has 2 aromatic rings. The minimum absolute atomic E-state index is 0.243. The first-order valence-corrected chi connectivity index (χ1v) is 6.93. The van der Waals surface area contributed by atoms with Gasteiger partial charge in [-0.05, 0) is 66.8 Å². The topological polar surface area (TPSA) is 65.2 Å². The number of hydrogen-bond acceptors (Lipinski definition) is 4. The highest BCUT2D eigenvalue weighted by atomic mass is 16.3. The lowest BCUT2D eigenvalue weighted by atomic mass is 9.99. The third-order valence-corrected chi connectivity index (χ3v) is 3.42. The average molecular weight is 284 g/mol. The van der Waals surface area contributed by atoms with Gasteiger partial charge >= 0.3 is 0 Å². The summed E-state index contributed by atoms with van der Waals surface area (Å²) in [6.07, 6.45) is 0. The molecule has 0 bridgehead atoms. The second kappa shape index (κ2) is 5.95. The van der Waals surface area contributed by atoms with Gasteiger partial charge in [0.25, 0.3) is 0 Å². The Bertz CT molecular complexity index is 691. The Morgan fingerprint density at radius 2 is 1.52 bits per heavy atom. The molecular formula is C17H20N2O2. The van der Waals surface area contributed by atoms with Gasteiger partial charge in [-0.2, -0.15) is 10.2 Å². The van der Waals surface area contributed by atoms with Crippen molar-refractivity contribution in [2.24, 2.45) is 10.2 Å². The van der Waals surface area contributed by atoms with Crippen LogP contribution in [-0.4, -0.2) is 10.2 Å². The molecule has 0 radical (unpaired) electrons. The highest BCUT2D eigenvalue weighted by Crippen LogP contribution is 2.34. The summed E-state index contributed by atoms with van der Waals surface area (Å²) in [6, 6.07) is 8.68. The molecular weight excluding hydrogens is 264 g/mol. The van der Waals surface area contributed by atoms with Gasteiger partial charge in [0.15, 0.2) is 0 Å². The molecule has 0 aliphatic heterocycles. The third-order valence-electron chi connectivity index (χ3n) is 3.42. The van der Waals surface area contributed by atoms with Crippen molar-refractivity contribution in [3.8, 4) is 11.5 Å². The van der Waals surface area contributed by atoms with E-state index >= 15 is 0 Å². The maximum atomic E-state index is 9.83. The monoisotopic (exact) mass is 284 g/mol. The van der Waals surface area contributed by atoms with E-state index in [2.05, 4.69) is 10.2 Å². The summed E-state index contributed by atoms with van der Waals surface area (Å²) in [4.78, 5) is 0. The number of phenols is 2. The zero-order valence-electron chi connectivity index (χ0n) is 12.8. The van der Waals surface area contributed by atoms with Gasteiger partial charge in [-0.3, -0.25) is 0 Å². The van der Waals surface area contributed by atoms with Gasteiger partial charge in [-0.25, -0.2) is 0 Å². The molecule has 0 spiro atoms. The maximum Gasteiger partial charge on any atom is 0.118 e. The van der Waals surface area contributed by atoms with E-state index in [1.165, 1.54) is 0 Å². The molecule has 0 saturated carbocycles. The molecule has 110 valence electrons. The van der Waals surface area contributed by atoms with Crippen LogP contribution in [0.5, 0.6) is 11.5 Å². The van der Waals surface area contributed by atoms with E-state index in [4.69, 9.17) is 0 Å². The summed E-state index contributed by atoms with van der Waals surface area (Å²) in [6.45, 7) is 7.75. The van der Waals surface area contributed by atoms with E-state index in [1.807, 2.05) is 33.8 Å². The third kappa shape index (κ3) is 3.40. The van der Waals surface area contributed by atoms with Crippen LogP contribution < -0.4 is 0 Å². The molecule has 0 aliphatic rings. The van der Waals surface area contributed by atoms with Crippen LogP contribution in [0.25, 0.3) is 0 Å². The van der Waals surface area contributed by atoms with Crippen molar-refractivity contribution < 1.29 is 10.2 Å². The highest BCUT2D eigenvalue weighted by Gasteiger charge is 2.10. The number of benzene rings is 2. The number of rotatable bonds is 3. The minimum Gasteiger partial charge on any atom is -0.508 e. The molecule has 0 amide bonds. The lowest BCUT2D eigenvalue weighted by molar-refractivity contribution is 0.469. The number of nitrogens with zero attached hydrogens (tertiary/aromatic N) is 2. The van der Waals surface area contributed by atoms with Gasteiger partial charge in [0.1, 0.15) is 11.5 Å². The van der Waals surface area contributed by atoms with E-state index in [-0.39, 0.29) is 17.4 Å². The second-order valence-electron chi connectivity index (χ2n) is 5.52. The molecule has 2 rings (SSSR count). The molecule has 4 heteroatoms. The van der Waals surface area contributed by atoms with E-state index in [0.717, 1.165) is 22.4 Å². The Balaban J connectivity index is 2.40. The Morgan fingerprint density at radius 3 is 2.14 bits per heavy atom. The smallest absolute Gasteiger partial charge is 0.118 e. The molecule has 0 fully saturated rings. The average Bonchev–Trinajstić information content (AvgIpc) is 2.43. The van der Waals surface area contributed by atoms with Gasteiger partial charge in [0.2, 0.25) is 0 Å². The fraction of sp³-hybridized carbons (Fsp3) is 0.294. The molecule has 2 N–H and O–H groups in total. The van der Waals surface area contributed by atoms with Crippen LogP contribution in [0.1, 0.15) is 36.5 Å². The Kier molecular flexibility index (Phi) is 4.26. The zero-order chi connectivity index (χ0) is 15.6. The number of azo groups is 1. The van der Waals surface area contributed by atoms with Crippen LogP contribution in [0.2, 0.25) is 0 Å². The predicted molar refractivity (Wildman–Crippen MR) is 84.0 cm³/mol. The first-order chi connectivity index (χ1) is 9.88. The zero-order valence-corrected chi connectivity index (χ0v) is 12.8. The Hall–Kier alpha value is -2.36.